The van der Waals surface area contributed by atoms with E-state index in [2.05, 4.69) is 10.6 Å². The highest BCUT2D eigenvalue weighted by Gasteiger charge is 2.16. The van der Waals surface area contributed by atoms with E-state index in [-0.39, 0.29) is 5.91 Å². The van der Waals surface area contributed by atoms with E-state index in [0.717, 1.165) is 16.7 Å². The molecule has 0 bridgehead atoms. The molecule has 0 heterocycles. The van der Waals surface area contributed by atoms with Gasteiger partial charge in [0.1, 0.15) is 18.4 Å². The maximum Gasteiger partial charge on any atom is 0.321 e. The summed E-state index contributed by atoms with van der Waals surface area (Å²) >= 11 is 0. The maximum absolute atomic E-state index is 12.3. The van der Waals surface area contributed by atoms with E-state index in [9.17, 15) is 14.7 Å². The van der Waals surface area contributed by atoms with E-state index in [1.54, 1.807) is 0 Å². The van der Waals surface area contributed by atoms with Gasteiger partial charge in [0.2, 0.25) is 0 Å². The standard InChI is InChI=1S/C26H28N2O4/c1-2-27-24(26(30)31)18-19-8-14-23(15-9-19)32-17-16-28-25(29)22-12-10-21(11-13-22)20-6-4-3-5-7-20/h3-15,24,27H,2,16-18H2,1H3,(H,28,29)(H,30,31). The summed E-state index contributed by atoms with van der Waals surface area (Å²) < 4.78 is 5.68. The highest BCUT2D eigenvalue weighted by Crippen LogP contribution is 2.19. The lowest BCUT2D eigenvalue weighted by atomic mass is 10.0. The minimum absolute atomic E-state index is 0.147. The second-order valence-electron chi connectivity index (χ2n) is 7.34. The molecule has 1 unspecified atom stereocenters. The molecule has 0 fully saturated rings. The van der Waals surface area contributed by atoms with Gasteiger partial charge in [0.15, 0.2) is 0 Å². The molecule has 6 nitrogen and oxygen atoms in total. The van der Waals surface area contributed by atoms with Crippen molar-refractivity contribution in [2.24, 2.45) is 0 Å². The molecule has 1 atom stereocenters. The monoisotopic (exact) mass is 432 g/mol. The Balaban J connectivity index is 1.43. The van der Waals surface area contributed by atoms with Crippen LogP contribution in [0.5, 0.6) is 5.75 Å². The number of nitrogens with one attached hydrogen (secondary N) is 2. The molecule has 0 saturated heterocycles. The summed E-state index contributed by atoms with van der Waals surface area (Å²) in [7, 11) is 0. The van der Waals surface area contributed by atoms with Gasteiger partial charge in [-0.2, -0.15) is 0 Å². The van der Waals surface area contributed by atoms with Crippen LogP contribution in [0.2, 0.25) is 0 Å². The molecule has 0 radical (unpaired) electrons. The number of hydrogen-bond acceptors (Lipinski definition) is 4. The van der Waals surface area contributed by atoms with Crippen LogP contribution < -0.4 is 15.4 Å². The Hall–Kier alpha value is -3.64. The first kappa shape index (κ1) is 23.0. The third kappa shape index (κ3) is 6.68. The number of likely N-dealkylation sites (N-methyl/N-ethyl adjacent to an activating group) is 1. The van der Waals surface area contributed by atoms with E-state index in [1.165, 1.54) is 0 Å². The molecule has 0 aromatic heterocycles. The number of aliphatic carboxylic acids is 1. The van der Waals surface area contributed by atoms with E-state index in [0.29, 0.717) is 37.4 Å². The summed E-state index contributed by atoms with van der Waals surface area (Å²) in [5.74, 6) is -0.338. The lowest BCUT2D eigenvalue weighted by molar-refractivity contribution is -0.139. The van der Waals surface area contributed by atoms with E-state index in [4.69, 9.17) is 4.74 Å². The van der Waals surface area contributed by atoms with Gasteiger partial charge in [0, 0.05) is 5.56 Å². The topological polar surface area (TPSA) is 87.7 Å². The van der Waals surface area contributed by atoms with Crippen LogP contribution >= 0.6 is 0 Å². The zero-order chi connectivity index (χ0) is 22.8. The summed E-state index contributed by atoms with van der Waals surface area (Å²) in [5.41, 5.74) is 3.69. The van der Waals surface area contributed by atoms with Crippen LogP contribution in [0.4, 0.5) is 0 Å². The lowest BCUT2D eigenvalue weighted by Crippen LogP contribution is -2.38. The van der Waals surface area contributed by atoms with Crippen LogP contribution in [0, 0.1) is 0 Å². The maximum atomic E-state index is 12.3. The third-order valence-electron chi connectivity index (χ3n) is 5.02. The predicted octanol–water partition coefficient (Wildman–Crippen LogP) is 3.77. The summed E-state index contributed by atoms with van der Waals surface area (Å²) in [6.07, 6.45) is 0.405. The third-order valence-corrected chi connectivity index (χ3v) is 5.02. The van der Waals surface area contributed by atoms with Gasteiger partial charge in [0.25, 0.3) is 5.91 Å². The Bertz CT molecular complexity index is 1000. The average molecular weight is 433 g/mol. The van der Waals surface area contributed by atoms with Gasteiger partial charge in [-0.05, 0) is 53.9 Å². The number of carboxylic acids is 1. The summed E-state index contributed by atoms with van der Waals surface area (Å²) in [4.78, 5) is 23.6. The molecule has 32 heavy (non-hydrogen) atoms. The largest absolute Gasteiger partial charge is 0.492 e. The number of carbonyl (C=O) groups is 2. The van der Waals surface area contributed by atoms with Crippen LogP contribution in [-0.4, -0.2) is 42.7 Å². The normalized spacial score (nSPS) is 11.5. The summed E-state index contributed by atoms with van der Waals surface area (Å²) in [6, 6.07) is 24.2. The molecule has 3 N–H and O–H groups in total. The smallest absolute Gasteiger partial charge is 0.321 e. The zero-order valence-corrected chi connectivity index (χ0v) is 18.1. The van der Waals surface area contributed by atoms with Crippen molar-refractivity contribution in [2.45, 2.75) is 19.4 Å². The number of ether oxygens (including phenoxy) is 1. The molecule has 3 rings (SSSR count). The summed E-state index contributed by atoms with van der Waals surface area (Å²) in [5, 5.41) is 15.0. The van der Waals surface area contributed by atoms with Crippen molar-refractivity contribution in [3.05, 3.63) is 90.0 Å². The van der Waals surface area contributed by atoms with E-state index >= 15 is 0 Å². The van der Waals surface area contributed by atoms with Gasteiger partial charge in [-0.15, -0.1) is 0 Å². The quantitative estimate of drug-likeness (QED) is 0.402. The molecule has 0 aliphatic carbocycles. The summed E-state index contributed by atoms with van der Waals surface area (Å²) in [6.45, 7) is 3.19. The molecular formula is C26H28N2O4. The van der Waals surface area contributed by atoms with Crippen molar-refractivity contribution in [2.75, 3.05) is 19.7 Å². The molecule has 1 amide bonds. The number of benzene rings is 3. The van der Waals surface area contributed by atoms with Gasteiger partial charge in [-0.1, -0.05) is 61.5 Å². The molecule has 0 aliphatic heterocycles. The molecule has 0 aliphatic rings. The Kier molecular flexibility index (Phi) is 8.40. The second kappa shape index (κ2) is 11.7. The van der Waals surface area contributed by atoms with Gasteiger partial charge < -0.3 is 20.5 Å². The van der Waals surface area contributed by atoms with Gasteiger partial charge in [0.05, 0.1) is 6.54 Å². The number of hydrogen-bond donors (Lipinski definition) is 3. The van der Waals surface area contributed by atoms with Crippen LogP contribution in [0.25, 0.3) is 11.1 Å². The molecule has 6 heteroatoms. The van der Waals surface area contributed by atoms with Crippen molar-refractivity contribution in [1.29, 1.82) is 0 Å². The van der Waals surface area contributed by atoms with E-state index < -0.39 is 12.0 Å². The van der Waals surface area contributed by atoms with Crippen LogP contribution in [0.1, 0.15) is 22.8 Å². The van der Waals surface area contributed by atoms with Crippen LogP contribution in [0.15, 0.2) is 78.9 Å². The van der Waals surface area contributed by atoms with Crippen LogP contribution in [0.3, 0.4) is 0 Å². The highest BCUT2D eigenvalue weighted by atomic mass is 16.5. The van der Waals surface area contributed by atoms with Gasteiger partial charge in [-0.3, -0.25) is 9.59 Å². The average Bonchev–Trinajstić information content (AvgIpc) is 2.83. The van der Waals surface area contributed by atoms with Crippen molar-refractivity contribution in [3.63, 3.8) is 0 Å². The van der Waals surface area contributed by atoms with E-state index in [1.807, 2.05) is 85.8 Å². The Morgan fingerprint density at radius 3 is 2.19 bits per heavy atom. The minimum atomic E-state index is -0.863. The fraction of sp³-hybridized carbons (Fsp3) is 0.231. The Morgan fingerprint density at radius 1 is 0.906 bits per heavy atom. The molecule has 166 valence electrons. The SMILES string of the molecule is CCNC(Cc1ccc(OCCNC(=O)c2ccc(-c3ccccc3)cc2)cc1)C(=O)O. The highest BCUT2D eigenvalue weighted by molar-refractivity contribution is 5.94. The fourth-order valence-corrected chi connectivity index (χ4v) is 3.33. The molecule has 3 aromatic carbocycles. The lowest BCUT2D eigenvalue weighted by Gasteiger charge is -2.13. The number of amides is 1. The number of carboxylic acid groups (broad SMARTS) is 1. The van der Waals surface area contributed by atoms with Gasteiger partial charge in [-0.25, -0.2) is 0 Å². The molecule has 0 spiro atoms. The van der Waals surface area contributed by atoms with Crippen molar-refractivity contribution < 1.29 is 19.4 Å². The first-order valence-corrected chi connectivity index (χ1v) is 10.7. The first-order valence-electron chi connectivity index (χ1n) is 10.7. The fourth-order valence-electron chi connectivity index (χ4n) is 3.33. The number of carbonyl (C=O) groups excluding carboxylic acids is 1. The molecule has 0 saturated carbocycles. The first-order chi connectivity index (χ1) is 15.6. The molecule has 3 aromatic rings. The van der Waals surface area contributed by atoms with Gasteiger partial charge >= 0.3 is 5.97 Å². The van der Waals surface area contributed by atoms with Crippen molar-refractivity contribution in [1.82, 2.24) is 10.6 Å². The Morgan fingerprint density at radius 2 is 1.56 bits per heavy atom. The Labute approximate surface area is 188 Å². The zero-order valence-electron chi connectivity index (χ0n) is 18.1. The van der Waals surface area contributed by atoms with Crippen molar-refractivity contribution in [3.8, 4) is 16.9 Å². The second-order valence-corrected chi connectivity index (χ2v) is 7.34. The minimum Gasteiger partial charge on any atom is -0.492 e. The predicted molar refractivity (Wildman–Crippen MR) is 125 cm³/mol. The molecular weight excluding hydrogens is 404 g/mol. The van der Waals surface area contributed by atoms with Crippen molar-refractivity contribution >= 4 is 11.9 Å². The number of rotatable bonds is 11. The van der Waals surface area contributed by atoms with Crippen LogP contribution in [-0.2, 0) is 11.2 Å².